The van der Waals surface area contributed by atoms with Crippen LogP contribution in [0.5, 0.6) is 5.75 Å². The van der Waals surface area contributed by atoms with E-state index in [0.717, 1.165) is 53.8 Å². The summed E-state index contributed by atoms with van der Waals surface area (Å²) < 4.78 is 12.8. The molecule has 1 N–H and O–H groups in total. The molecule has 0 bridgehead atoms. The molecular weight excluding hydrogens is 412 g/mol. The molecule has 2 saturated heterocycles. The van der Waals surface area contributed by atoms with Gasteiger partial charge in [0.1, 0.15) is 11.9 Å². The Kier molecular flexibility index (Phi) is 4.98. The highest BCUT2D eigenvalue weighted by Gasteiger charge is 2.52. The van der Waals surface area contributed by atoms with Crippen molar-refractivity contribution in [1.82, 2.24) is 9.88 Å². The highest BCUT2D eigenvalue weighted by Crippen LogP contribution is 2.50. The van der Waals surface area contributed by atoms with Crippen LogP contribution in [0.25, 0.3) is 10.9 Å². The average Bonchev–Trinajstić information content (AvgIpc) is 3.18. The van der Waals surface area contributed by atoms with E-state index in [1.165, 1.54) is 31.2 Å². The molecule has 3 aliphatic heterocycles. The summed E-state index contributed by atoms with van der Waals surface area (Å²) in [6, 6.07) is 14.1. The zero-order chi connectivity index (χ0) is 22.6. The number of ether oxygens (including phenoxy) is 2. The van der Waals surface area contributed by atoms with E-state index in [2.05, 4.69) is 22.0 Å². The van der Waals surface area contributed by atoms with Gasteiger partial charge in [0.05, 0.1) is 5.56 Å². The Morgan fingerprint density at radius 2 is 1.97 bits per heavy atom. The molecule has 3 atom stereocenters. The molecule has 6 rings (SSSR count). The minimum atomic E-state index is -0.309. The summed E-state index contributed by atoms with van der Waals surface area (Å²) in [5.74, 6) is 1.13. The van der Waals surface area contributed by atoms with Crippen LogP contribution in [0.3, 0.4) is 0 Å². The van der Waals surface area contributed by atoms with Crippen LogP contribution in [0.2, 0.25) is 0 Å². The van der Waals surface area contributed by atoms with E-state index in [4.69, 9.17) is 9.47 Å². The van der Waals surface area contributed by atoms with Crippen LogP contribution < -0.4 is 4.74 Å². The first kappa shape index (κ1) is 20.8. The number of carbonyl (C=O) groups is 1. The number of hydrogen-bond acceptors (Lipinski definition) is 4. The second-order valence-corrected chi connectivity index (χ2v) is 9.98. The number of aromatic nitrogens is 1. The molecule has 172 valence electrons. The molecule has 3 aliphatic rings. The van der Waals surface area contributed by atoms with E-state index in [1.54, 1.807) is 0 Å². The maximum atomic E-state index is 13.4. The van der Waals surface area contributed by atoms with Crippen molar-refractivity contribution in [3.8, 4) is 5.75 Å². The standard InChI is InChI=1S/C28H32N2O3/c1-18-25(27(31)32-19(2)20-9-4-3-5-10-20)26-22-17-21-11-8-16-30-15-7-6-14-28(21,30)33-24(22)13-12-23(26)29-18/h3-5,9-10,12-13,19,21,29H,6-8,11,14-17H2,1-2H3. The second kappa shape index (κ2) is 7.91. The van der Waals surface area contributed by atoms with Crippen molar-refractivity contribution in [1.29, 1.82) is 0 Å². The largest absolute Gasteiger partial charge is 0.472 e. The Morgan fingerprint density at radius 1 is 1.15 bits per heavy atom. The van der Waals surface area contributed by atoms with E-state index in [-0.39, 0.29) is 17.8 Å². The van der Waals surface area contributed by atoms with Crippen molar-refractivity contribution in [2.24, 2.45) is 5.92 Å². The van der Waals surface area contributed by atoms with Gasteiger partial charge >= 0.3 is 5.97 Å². The van der Waals surface area contributed by atoms with Crippen molar-refractivity contribution in [2.75, 3.05) is 13.1 Å². The molecule has 0 radical (unpaired) electrons. The molecule has 5 nitrogen and oxygen atoms in total. The summed E-state index contributed by atoms with van der Waals surface area (Å²) in [7, 11) is 0. The first-order chi connectivity index (χ1) is 16.1. The maximum Gasteiger partial charge on any atom is 0.341 e. The Labute approximate surface area is 195 Å². The van der Waals surface area contributed by atoms with Crippen molar-refractivity contribution in [3.63, 3.8) is 0 Å². The predicted molar refractivity (Wildman–Crippen MR) is 129 cm³/mol. The smallest absolute Gasteiger partial charge is 0.341 e. The fourth-order valence-corrected chi connectivity index (χ4v) is 6.48. The summed E-state index contributed by atoms with van der Waals surface area (Å²) in [5.41, 5.74) is 4.49. The number of aryl methyl sites for hydroxylation is 1. The SMILES string of the molecule is Cc1[nH]c2ccc3c(c2c1C(=O)OC(C)c1ccccc1)CC1CCCN2CCCCC12O3. The third-order valence-corrected chi connectivity index (χ3v) is 8.08. The molecule has 1 aromatic heterocycles. The van der Waals surface area contributed by atoms with Gasteiger partial charge in [-0.3, -0.25) is 4.90 Å². The van der Waals surface area contributed by atoms with Crippen LogP contribution >= 0.6 is 0 Å². The number of nitrogens with one attached hydrogen (secondary N) is 1. The predicted octanol–water partition coefficient (Wildman–Crippen LogP) is 5.92. The molecule has 1 spiro atoms. The van der Waals surface area contributed by atoms with Crippen LogP contribution in [0, 0.1) is 12.8 Å². The van der Waals surface area contributed by atoms with Gasteiger partial charge in [0.25, 0.3) is 0 Å². The summed E-state index contributed by atoms with van der Waals surface area (Å²) in [6.07, 6.45) is 6.63. The molecule has 5 heteroatoms. The molecule has 0 aliphatic carbocycles. The number of H-pyrrole nitrogens is 1. The van der Waals surface area contributed by atoms with Crippen molar-refractivity contribution in [3.05, 3.63) is 64.8 Å². The van der Waals surface area contributed by atoms with Crippen LogP contribution in [0.15, 0.2) is 42.5 Å². The summed E-state index contributed by atoms with van der Waals surface area (Å²) in [4.78, 5) is 19.5. The number of nitrogens with zero attached hydrogens (tertiary/aromatic N) is 1. The molecule has 4 heterocycles. The fourth-order valence-electron chi connectivity index (χ4n) is 6.48. The lowest BCUT2D eigenvalue weighted by molar-refractivity contribution is -0.177. The van der Waals surface area contributed by atoms with Crippen LogP contribution in [0.4, 0.5) is 0 Å². The molecule has 2 aromatic carbocycles. The first-order valence-corrected chi connectivity index (χ1v) is 12.4. The molecule has 33 heavy (non-hydrogen) atoms. The van der Waals surface area contributed by atoms with E-state index in [1.807, 2.05) is 44.2 Å². The maximum absolute atomic E-state index is 13.4. The van der Waals surface area contributed by atoms with Crippen molar-refractivity contribution < 1.29 is 14.3 Å². The van der Waals surface area contributed by atoms with Crippen LogP contribution in [0.1, 0.15) is 72.3 Å². The number of rotatable bonds is 3. The lowest BCUT2D eigenvalue weighted by Gasteiger charge is -2.56. The molecule has 0 amide bonds. The van der Waals surface area contributed by atoms with Gasteiger partial charge < -0.3 is 14.5 Å². The van der Waals surface area contributed by atoms with E-state index >= 15 is 0 Å². The highest BCUT2D eigenvalue weighted by molar-refractivity contribution is 6.07. The summed E-state index contributed by atoms with van der Waals surface area (Å²) in [6.45, 7) is 6.16. The Bertz CT molecular complexity index is 1200. The third kappa shape index (κ3) is 3.28. The van der Waals surface area contributed by atoms with Gasteiger partial charge in [0, 0.05) is 47.6 Å². The number of fused-ring (bicyclic) bond motifs is 3. The number of piperidine rings is 2. The van der Waals surface area contributed by atoms with Gasteiger partial charge in [0.2, 0.25) is 0 Å². The molecular formula is C28H32N2O3. The van der Waals surface area contributed by atoms with Crippen molar-refractivity contribution >= 4 is 16.9 Å². The molecule has 3 unspecified atom stereocenters. The highest BCUT2D eigenvalue weighted by atomic mass is 16.5. The number of esters is 1. The van der Waals surface area contributed by atoms with Gasteiger partial charge in [-0.05, 0) is 63.6 Å². The lowest BCUT2D eigenvalue weighted by atomic mass is 9.74. The normalized spacial score (nSPS) is 25.5. The molecule has 3 aromatic rings. The van der Waals surface area contributed by atoms with Gasteiger partial charge in [-0.15, -0.1) is 0 Å². The lowest BCUT2D eigenvalue weighted by Crippen LogP contribution is -2.64. The summed E-state index contributed by atoms with van der Waals surface area (Å²) in [5, 5.41) is 0.984. The van der Waals surface area contributed by atoms with E-state index in [9.17, 15) is 4.79 Å². The fraction of sp³-hybridized carbons (Fsp3) is 0.464. The van der Waals surface area contributed by atoms with Crippen LogP contribution in [-0.2, 0) is 11.2 Å². The Balaban J connectivity index is 1.39. The number of hydrogen-bond donors (Lipinski definition) is 1. The minimum absolute atomic E-state index is 0.162. The quantitative estimate of drug-likeness (QED) is 0.510. The molecule has 2 fully saturated rings. The van der Waals surface area contributed by atoms with E-state index < -0.39 is 0 Å². The Hall–Kier alpha value is -2.79. The zero-order valence-electron chi connectivity index (χ0n) is 19.5. The number of benzene rings is 2. The van der Waals surface area contributed by atoms with Gasteiger partial charge in [0.15, 0.2) is 5.72 Å². The van der Waals surface area contributed by atoms with E-state index in [0.29, 0.717) is 11.5 Å². The number of aromatic amines is 1. The third-order valence-electron chi connectivity index (χ3n) is 8.08. The number of carbonyl (C=O) groups excluding carboxylic acids is 1. The van der Waals surface area contributed by atoms with Crippen LogP contribution in [-0.4, -0.2) is 34.7 Å². The zero-order valence-corrected chi connectivity index (χ0v) is 19.5. The van der Waals surface area contributed by atoms with Gasteiger partial charge in [-0.25, -0.2) is 4.79 Å². The molecule has 0 saturated carbocycles. The monoisotopic (exact) mass is 444 g/mol. The first-order valence-electron chi connectivity index (χ1n) is 12.4. The minimum Gasteiger partial charge on any atom is -0.472 e. The van der Waals surface area contributed by atoms with Crippen molar-refractivity contribution in [2.45, 2.75) is 64.2 Å². The topological polar surface area (TPSA) is 54.6 Å². The van der Waals surface area contributed by atoms with Gasteiger partial charge in [-0.2, -0.15) is 0 Å². The van der Waals surface area contributed by atoms with Gasteiger partial charge in [-0.1, -0.05) is 30.3 Å². The Morgan fingerprint density at radius 3 is 2.82 bits per heavy atom. The average molecular weight is 445 g/mol. The summed E-state index contributed by atoms with van der Waals surface area (Å²) >= 11 is 0. The second-order valence-electron chi connectivity index (χ2n) is 9.98.